The Bertz CT molecular complexity index is 1170. The van der Waals surface area contributed by atoms with Gasteiger partial charge in [-0.3, -0.25) is 19.0 Å². The Morgan fingerprint density at radius 2 is 1.73 bits per heavy atom. The van der Waals surface area contributed by atoms with E-state index in [4.69, 9.17) is 0 Å². The van der Waals surface area contributed by atoms with Crippen molar-refractivity contribution < 1.29 is 9.59 Å². The second kappa shape index (κ2) is 8.57. The molecule has 3 aromatic heterocycles. The van der Waals surface area contributed by atoms with Gasteiger partial charge in [0.25, 0.3) is 11.8 Å². The van der Waals surface area contributed by atoms with Crippen LogP contribution in [0.3, 0.4) is 0 Å². The molecule has 7 heteroatoms. The minimum Gasteiger partial charge on any atom is -0.347 e. The summed E-state index contributed by atoms with van der Waals surface area (Å²) in [4.78, 5) is 36.2. The third-order valence-corrected chi connectivity index (χ3v) is 4.79. The van der Waals surface area contributed by atoms with E-state index in [0.717, 1.165) is 11.3 Å². The van der Waals surface area contributed by atoms with Crippen LogP contribution in [0.1, 0.15) is 33.6 Å². The average Bonchev–Trinajstić information content (AvgIpc) is 3.19. The first-order valence-electron chi connectivity index (χ1n) is 9.70. The summed E-state index contributed by atoms with van der Waals surface area (Å²) in [7, 11) is 0. The Morgan fingerprint density at radius 3 is 2.47 bits per heavy atom. The Morgan fingerprint density at radius 1 is 1.00 bits per heavy atom. The highest BCUT2D eigenvalue weighted by atomic mass is 16.2. The molecule has 0 spiro atoms. The molecule has 0 aliphatic carbocycles. The van der Waals surface area contributed by atoms with Crippen molar-refractivity contribution in [2.24, 2.45) is 0 Å². The average molecular weight is 399 g/mol. The standard InChI is InChI=1S/C23H21N5O2/c1-2-27(18-8-4-3-5-9-18)23(30)21-26-20(19-10-6-7-15-28(19)21)22(29)25-16-17-11-13-24-14-12-17/h3-15H,2,16H2,1H3,(H,25,29). The minimum absolute atomic E-state index is 0.199. The second-order valence-corrected chi connectivity index (χ2v) is 6.66. The quantitative estimate of drug-likeness (QED) is 0.539. The van der Waals surface area contributed by atoms with Crippen LogP contribution in [0.2, 0.25) is 0 Å². The van der Waals surface area contributed by atoms with Crippen molar-refractivity contribution in [1.29, 1.82) is 0 Å². The number of aromatic nitrogens is 3. The summed E-state index contributed by atoms with van der Waals surface area (Å²) in [6.45, 7) is 2.73. The number of imidazole rings is 1. The topological polar surface area (TPSA) is 79.6 Å². The van der Waals surface area contributed by atoms with E-state index in [0.29, 0.717) is 18.6 Å². The molecule has 2 amide bonds. The van der Waals surface area contributed by atoms with Crippen LogP contribution in [0.5, 0.6) is 0 Å². The van der Waals surface area contributed by atoms with E-state index in [1.165, 1.54) is 0 Å². The third-order valence-electron chi connectivity index (χ3n) is 4.79. The molecule has 0 aliphatic heterocycles. The van der Waals surface area contributed by atoms with Crippen molar-refractivity contribution in [3.05, 3.63) is 96.3 Å². The highest BCUT2D eigenvalue weighted by molar-refractivity contribution is 6.07. The number of para-hydroxylation sites is 1. The van der Waals surface area contributed by atoms with Gasteiger partial charge in [-0.15, -0.1) is 0 Å². The monoisotopic (exact) mass is 399 g/mol. The summed E-state index contributed by atoms with van der Waals surface area (Å²) < 4.78 is 1.66. The Labute approximate surface area is 174 Å². The zero-order valence-corrected chi connectivity index (χ0v) is 16.5. The highest BCUT2D eigenvalue weighted by Gasteiger charge is 2.25. The number of nitrogens with zero attached hydrogens (tertiary/aromatic N) is 4. The maximum absolute atomic E-state index is 13.3. The zero-order valence-electron chi connectivity index (χ0n) is 16.5. The predicted molar refractivity (Wildman–Crippen MR) is 114 cm³/mol. The van der Waals surface area contributed by atoms with E-state index in [1.54, 1.807) is 34.0 Å². The van der Waals surface area contributed by atoms with Crippen LogP contribution < -0.4 is 10.2 Å². The van der Waals surface area contributed by atoms with Crippen LogP contribution in [0.15, 0.2) is 79.3 Å². The van der Waals surface area contributed by atoms with Gasteiger partial charge in [-0.25, -0.2) is 4.98 Å². The lowest BCUT2D eigenvalue weighted by atomic mass is 10.2. The van der Waals surface area contributed by atoms with Gasteiger partial charge in [0.05, 0.1) is 5.52 Å². The number of hydrogen-bond acceptors (Lipinski definition) is 4. The van der Waals surface area contributed by atoms with Crippen LogP contribution in [-0.4, -0.2) is 32.7 Å². The summed E-state index contributed by atoms with van der Waals surface area (Å²) in [5.74, 6) is -0.402. The molecule has 0 aliphatic rings. The summed E-state index contributed by atoms with van der Waals surface area (Å²) in [6.07, 6.45) is 5.09. The molecule has 0 atom stereocenters. The van der Waals surface area contributed by atoms with Crippen LogP contribution >= 0.6 is 0 Å². The van der Waals surface area contributed by atoms with Gasteiger partial charge in [-0.1, -0.05) is 24.3 Å². The molecule has 1 N–H and O–H groups in total. The Kier molecular flexibility index (Phi) is 5.52. The Hall–Kier alpha value is -4.00. The first-order chi connectivity index (χ1) is 14.7. The Balaban J connectivity index is 1.66. The number of fused-ring (bicyclic) bond motifs is 1. The number of carbonyl (C=O) groups is 2. The molecule has 0 saturated carbocycles. The lowest BCUT2D eigenvalue weighted by molar-refractivity contribution is 0.0948. The molecule has 150 valence electrons. The summed E-state index contributed by atoms with van der Waals surface area (Å²) in [5, 5.41) is 2.87. The van der Waals surface area contributed by atoms with E-state index in [9.17, 15) is 9.59 Å². The minimum atomic E-state index is -0.336. The van der Waals surface area contributed by atoms with Gasteiger partial charge in [0.1, 0.15) is 0 Å². The molecule has 0 saturated heterocycles. The molecule has 1 aromatic carbocycles. The van der Waals surface area contributed by atoms with Crippen molar-refractivity contribution in [3.8, 4) is 0 Å². The predicted octanol–water partition coefficient (Wildman–Crippen LogP) is 3.33. The van der Waals surface area contributed by atoms with E-state index < -0.39 is 0 Å². The maximum atomic E-state index is 13.3. The number of pyridine rings is 2. The number of hydrogen-bond donors (Lipinski definition) is 1. The molecule has 3 heterocycles. The van der Waals surface area contributed by atoms with Crippen molar-refractivity contribution in [2.75, 3.05) is 11.4 Å². The lowest BCUT2D eigenvalue weighted by Gasteiger charge is -2.20. The fourth-order valence-electron chi connectivity index (χ4n) is 3.29. The molecule has 0 bridgehead atoms. The van der Waals surface area contributed by atoms with Crippen LogP contribution in [0.25, 0.3) is 5.52 Å². The van der Waals surface area contributed by atoms with Crippen molar-refractivity contribution in [1.82, 2.24) is 19.7 Å². The fraction of sp³-hybridized carbons (Fsp3) is 0.130. The van der Waals surface area contributed by atoms with Gasteiger partial charge in [0.15, 0.2) is 5.69 Å². The number of amides is 2. The molecule has 0 radical (unpaired) electrons. The highest BCUT2D eigenvalue weighted by Crippen LogP contribution is 2.19. The normalized spacial score (nSPS) is 10.7. The van der Waals surface area contributed by atoms with Gasteiger partial charge >= 0.3 is 0 Å². The number of anilines is 1. The van der Waals surface area contributed by atoms with E-state index in [-0.39, 0.29) is 23.3 Å². The van der Waals surface area contributed by atoms with Crippen LogP contribution in [0.4, 0.5) is 5.69 Å². The zero-order chi connectivity index (χ0) is 20.9. The van der Waals surface area contributed by atoms with Crippen molar-refractivity contribution in [3.63, 3.8) is 0 Å². The molecular formula is C23H21N5O2. The van der Waals surface area contributed by atoms with Gasteiger partial charge < -0.3 is 10.2 Å². The molecule has 0 unspecified atom stereocenters. The van der Waals surface area contributed by atoms with Crippen molar-refractivity contribution >= 4 is 23.0 Å². The second-order valence-electron chi connectivity index (χ2n) is 6.66. The maximum Gasteiger partial charge on any atom is 0.294 e. The van der Waals surface area contributed by atoms with Gasteiger partial charge in [0, 0.05) is 37.4 Å². The molecule has 7 nitrogen and oxygen atoms in total. The van der Waals surface area contributed by atoms with Crippen LogP contribution in [-0.2, 0) is 6.54 Å². The summed E-state index contributed by atoms with van der Waals surface area (Å²) in [5.41, 5.74) is 2.51. The molecule has 4 rings (SSSR count). The SMILES string of the molecule is CCN(C(=O)c1nc(C(=O)NCc2ccncc2)c2ccccn12)c1ccccc1. The fourth-order valence-corrected chi connectivity index (χ4v) is 3.29. The van der Waals surface area contributed by atoms with Gasteiger partial charge in [-0.05, 0) is 48.9 Å². The van der Waals surface area contributed by atoms with Gasteiger partial charge in [0.2, 0.25) is 5.82 Å². The molecule has 30 heavy (non-hydrogen) atoms. The number of carbonyl (C=O) groups excluding carboxylic acids is 2. The first-order valence-corrected chi connectivity index (χ1v) is 9.70. The third kappa shape index (κ3) is 3.77. The molecular weight excluding hydrogens is 378 g/mol. The lowest BCUT2D eigenvalue weighted by Crippen LogP contribution is -2.32. The molecule has 0 fully saturated rings. The number of nitrogens with one attached hydrogen (secondary N) is 1. The first kappa shape index (κ1) is 19.3. The summed E-state index contributed by atoms with van der Waals surface area (Å²) >= 11 is 0. The van der Waals surface area contributed by atoms with E-state index in [1.807, 2.05) is 61.5 Å². The smallest absolute Gasteiger partial charge is 0.294 e. The van der Waals surface area contributed by atoms with E-state index >= 15 is 0 Å². The van der Waals surface area contributed by atoms with Gasteiger partial charge in [-0.2, -0.15) is 0 Å². The van der Waals surface area contributed by atoms with E-state index in [2.05, 4.69) is 15.3 Å². The van der Waals surface area contributed by atoms with Crippen LogP contribution in [0, 0.1) is 0 Å². The number of rotatable bonds is 6. The summed E-state index contributed by atoms with van der Waals surface area (Å²) in [6, 6.07) is 18.5. The number of benzene rings is 1. The van der Waals surface area contributed by atoms with Crippen molar-refractivity contribution in [2.45, 2.75) is 13.5 Å². The largest absolute Gasteiger partial charge is 0.347 e. The molecule has 4 aromatic rings.